The molecule has 0 radical (unpaired) electrons. The third-order valence-electron chi connectivity index (χ3n) is 3.43. The van der Waals surface area contributed by atoms with E-state index in [0.717, 1.165) is 31.4 Å². The number of aromatic nitrogens is 4. The van der Waals surface area contributed by atoms with E-state index in [9.17, 15) is 4.39 Å². The maximum Gasteiger partial charge on any atom is 0.201 e. The first-order valence-electron chi connectivity index (χ1n) is 6.71. The predicted octanol–water partition coefficient (Wildman–Crippen LogP) is 3.09. The quantitative estimate of drug-likeness (QED) is 0.737. The molecule has 0 aliphatic rings. The van der Waals surface area contributed by atoms with Gasteiger partial charge in [0.1, 0.15) is 5.82 Å². The number of benzene rings is 1. The van der Waals surface area contributed by atoms with Crippen LogP contribution in [0.25, 0.3) is 11.0 Å². The Labute approximate surface area is 126 Å². The fourth-order valence-corrected chi connectivity index (χ4v) is 2.51. The summed E-state index contributed by atoms with van der Waals surface area (Å²) in [5.41, 5.74) is 7.20. The Morgan fingerprint density at radius 3 is 2.81 bits per heavy atom. The summed E-state index contributed by atoms with van der Waals surface area (Å²) in [6.45, 7) is 1.63. The number of nitrogens with two attached hydrogens (primary N) is 1. The van der Waals surface area contributed by atoms with Gasteiger partial charge in [0.15, 0.2) is 0 Å². The third-order valence-corrected chi connectivity index (χ3v) is 3.72. The second kappa shape index (κ2) is 5.73. The topological polar surface area (TPSA) is 61.7 Å². The highest BCUT2D eigenvalue weighted by Gasteiger charge is 2.11. The SMILES string of the molecule is Nc1nc2cc(F)c(Cl)cc2n1CCCCn1ccnc1. The van der Waals surface area contributed by atoms with E-state index in [1.165, 1.54) is 6.07 Å². The number of hydrogen-bond acceptors (Lipinski definition) is 3. The van der Waals surface area contributed by atoms with Crippen LogP contribution in [0.1, 0.15) is 12.8 Å². The molecule has 0 saturated carbocycles. The van der Waals surface area contributed by atoms with Crippen molar-refractivity contribution in [3.8, 4) is 0 Å². The number of aryl methyl sites for hydroxylation is 2. The maximum atomic E-state index is 13.4. The van der Waals surface area contributed by atoms with Gasteiger partial charge in [0.25, 0.3) is 0 Å². The smallest absolute Gasteiger partial charge is 0.201 e. The summed E-state index contributed by atoms with van der Waals surface area (Å²) in [4.78, 5) is 8.17. The van der Waals surface area contributed by atoms with Gasteiger partial charge in [0.2, 0.25) is 5.95 Å². The molecule has 2 N–H and O–H groups in total. The highest BCUT2D eigenvalue weighted by atomic mass is 35.5. The zero-order valence-electron chi connectivity index (χ0n) is 11.3. The molecule has 0 atom stereocenters. The van der Waals surface area contributed by atoms with Crippen LogP contribution in [0.15, 0.2) is 30.9 Å². The molecule has 3 rings (SSSR count). The Balaban J connectivity index is 1.71. The van der Waals surface area contributed by atoms with Crippen LogP contribution < -0.4 is 5.73 Å². The highest BCUT2D eigenvalue weighted by Crippen LogP contribution is 2.25. The number of halogens is 2. The van der Waals surface area contributed by atoms with E-state index < -0.39 is 5.82 Å². The molecule has 0 unspecified atom stereocenters. The van der Waals surface area contributed by atoms with Crippen molar-refractivity contribution in [2.45, 2.75) is 25.9 Å². The van der Waals surface area contributed by atoms with Crippen LogP contribution in [-0.4, -0.2) is 19.1 Å². The van der Waals surface area contributed by atoms with Crippen LogP contribution in [0.2, 0.25) is 5.02 Å². The fourth-order valence-electron chi connectivity index (χ4n) is 2.36. The molecule has 0 fully saturated rings. The maximum absolute atomic E-state index is 13.4. The summed E-state index contributed by atoms with van der Waals surface area (Å²) < 4.78 is 17.3. The van der Waals surface area contributed by atoms with Gasteiger partial charge in [0.05, 0.1) is 22.4 Å². The van der Waals surface area contributed by atoms with E-state index in [0.29, 0.717) is 11.5 Å². The first-order chi connectivity index (χ1) is 10.1. The average molecular weight is 308 g/mol. The Morgan fingerprint density at radius 2 is 2.05 bits per heavy atom. The summed E-state index contributed by atoms with van der Waals surface area (Å²) in [6, 6.07) is 2.89. The van der Waals surface area contributed by atoms with Crippen molar-refractivity contribution in [1.82, 2.24) is 19.1 Å². The number of nitrogen functional groups attached to an aromatic ring is 1. The first kappa shape index (κ1) is 13.9. The summed E-state index contributed by atoms with van der Waals surface area (Å²) >= 11 is 5.83. The lowest BCUT2D eigenvalue weighted by atomic mass is 10.2. The van der Waals surface area contributed by atoms with Crippen molar-refractivity contribution in [3.05, 3.63) is 41.7 Å². The molecule has 110 valence electrons. The summed E-state index contributed by atoms with van der Waals surface area (Å²) in [5, 5.41) is 0.0852. The monoisotopic (exact) mass is 307 g/mol. The lowest BCUT2D eigenvalue weighted by Crippen LogP contribution is -2.04. The number of hydrogen-bond donors (Lipinski definition) is 1. The second-order valence-corrected chi connectivity index (χ2v) is 5.29. The molecule has 2 heterocycles. The van der Waals surface area contributed by atoms with Gasteiger partial charge < -0.3 is 14.9 Å². The molecule has 5 nitrogen and oxygen atoms in total. The lowest BCUT2D eigenvalue weighted by Gasteiger charge is -2.07. The molecule has 1 aromatic carbocycles. The van der Waals surface area contributed by atoms with Gasteiger partial charge in [-0.1, -0.05) is 11.6 Å². The van der Waals surface area contributed by atoms with E-state index in [1.807, 2.05) is 15.3 Å². The molecule has 0 aliphatic heterocycles. The van der Waals surface area contributed by atoms with Crippen molar-refractivity contribution in [1.29, 1.82) is 0 Å². The van der Waals surface area contributed by atoms with Crippen LogP contribution in [0.3, 0.4) is 0 Å². The normalized spacial score (nSPS) is 11.3. The van der Waals surface area contributed by atoms with E-state index in [1.54, 1.807) is 18.6 Å². The Morgan fingerprint density at radius 1 is 1.24 bits per heavy atom. The second-order valence-electron chi connectivity index (χ2n) is 4.88. The minimum Gasteiger partial charge on any atom is -0.369 e. The number of imidazole rings is 2. The molecule has 0 amide bonds. The largest absolute Gasteiger partial charge is 0.369 e. The van der Waals surface area contributed by atoms with Gasteiger partial charge in [-0.15, -0.1) is 0 Å². The molecule has 21 heavy (non-hydrogen) atoms. The van der Waals surface area contributed by atoms with Crippen molar-refractivity contribution in [2.75, 3.05) is 5.73 Å². The summed E-state index contributed by atoms with van der Waals surface area (Å²) in [7, 11) is 0. The molecular weight excluding hydrogens is 293 g/mol. The van der Waals surface area contributed by atoms with E-state index in [2.05, 4.69) is 9.97 Å². The van der Waals surface area contributed by atoms with Gasteiger partial charge in [-0.3, -0.25) is 0 Å². The van der Waals surface area contributed by atoms with Gasteiger partial charge in [-0.2, -0.15) is 0 Å². The Hall–Kier alpha value is -2.08. The van der Waals surface area contributed by atoms with Gasteiger partial charge >= 0.3 is 0 Å². The molecule has 3 aromatic rings. The average Bonchev–Trinajstić information content (AvgIpc) is 3.05. The molecule has 2 aromatic heterocycles. The Bertz CT molecular complexity index is 750. The standard InChI is InChI=1S/C14H15ClFN5/c15-10-7-13-12(8-11(10)16)19-14(17)21(13)5-2-1-4-20-6-3-18-9-20/h3,6-9H,1-2,4-5H2,(H2,17,19). The van der Waals surface area contributed by atoms with Crippen molar-refractivity contribution >= 4 is 28.6 Å². The van der Waals surface area contributed by atoms with Gasteiger partial charge in [0, 0.05) is 31.5 Å². The van der Waals surface area contributed by atoms with Gasteiger partial charge in [-0.05, 0) is 18.9 Å². The van der Waals surface area contributed by atoms with E-state index in [4.69, 9.17) is 17.3 Å². The van der Waals surface area contributed by atoms with Crippen LogP contribution in [-0.2, 0) is 13.1 Å². The minimum atomic E-state index is -0.478. The van der Waals surface area contributed by atoms with Crippen molar-refractivity contribution in [2.24, 2.45) is 0 Å². The molecule has 0 spiro atoms. The zero-order valence-corrected chi connectivity index (χ0v) is 12.1. The number of rotatable bonds is 5. The minimum absolute atomic E-state index is 0.0852. The molecule has 0 saturated heterocycles. The molecule has 0 bridgehead atoms. The Kier molecular flexibility index (Phi) is 3.79. The number of unbranched alkanes of at least 4 members (excludes halogenated alkanes) is 1. The molecule has 0 aliphatic carbocycles. The highest BCUT2D eigenvalue weighted by molar-refractivity contribution is 6.31. The zero-order chi connectivity index (χ0) is 14.8. The van der Waals surface area contributed by atoms with Crippen molar-refractivity contribution < 1.29 is 4.39 Å². The van der Waals surface area contributed by atoms with Crippen LogP contribution >= 0.6 is 11.6 Å². The number of fused-ring (bicyclic) bond motifs is 1. The van der Waals surface area contributed by atoms with Gasteiger partial charge in [-0.25, -0.2) is 14.4 Å². The predicted molar refractivity (Wildman–Crippen MR) is 80.6 cm³/mol. The summed E-state index contributed by atoms with van der Waals surface area (Å²) in [5.74, 6) is -0.0942. The van der Waals surface area contributed by atoms with Crippen LogP contribution in [0.4, 0.5) is 10.3 Å². The van der Waals surface area contributed by atoms with E-state index in [-0.39, 0.29) is 5.02 Å². The van der Waals surface area contributed by atoms with Crippen LogP contribution in [0.5, 0.6) is 0 Å². The summed E-state index contributed by atoms with van der Waals surface area (Å²) in [6.07, 6.45) is 7.41. The number of anilines is 1. The lowest BCUT2D eigenvalue weighted by molar-refractivity contribution is 0.562. The molecular formula is C14H15ClFN5. The first-order valence-corrected chi connectivity index (χ1v) is 7.09. The van der Waals surface area contributed by atoms with E-state index >= 15 is 0 Å². The fraction of sp³-hybridized carbons (Fsp3) is 0.286. The third kappa shape index (κ3) is 2.85. The number of nitrogens with zero attached hydrogens (tertiary/aromatic N) is 4. The van der Waals surface area contributed by atoms with Crippen molar-refractivity contribution in [3.63, 3.8) is 0 Å². The van der Waals surface area contributed by atoms with Crippen LogP contribution in [0, 0.1) is 5.82 Å². The molecule has 7 heteroatoms.